The lowest BCUT2D eigenvalue weighted by atomic mass is 9.95. The molecular formula is C55H41N. The molecule has 1 heteroatoms. The van der Waals surface area contributed by atoms with Crippen LogP contribution in [0.1, 0.15) is 55.6 Å². The first-order chi connectivity index (χ1) is 27.7. The van der Waals surface area contributed by atoms with Gasteiger partial charge in [0.05, 0.1) is 0 Å². The predicted octanol–water partition coefficient (Wildman–Crippen LogP) is 14.3. The van der Waals surface area contributed by atoms with E-state index >= 15 is 0 Å². The normalized spacial score (nSPS) is 11.1. The summed E-state index contributed by atoms with van der Waals surface area (Å²) in [4.78, 5) is 4.37. The summed E-state index contributed by atoms with van der Waals surface area (Å²) in [5.74, 6) is 0. The van der Waals surface area contributed by atoms with Crippen molar-refractivity contribution in [1.82, 2.24) is 4.98 Å². The van der Waals surface area contributed by atoms with E-state index in [0.29, 0.717) is 0 Å². The van der Waals surface area contributed by atoms with Gasteiger partial charge in [-0.05, 0) is 96.6 Å². The summed E-state index contributed by atoms with van der Waals surface area (Å²) in [6.45, 7) is 0. The van der Waals surface area contributed by atoms with Gasteiger partial charge in [0, 0.05) is 18.0 Å². The molecule has 56 heavy (non-hydrogen) atoms. The molecule has 0 unspecified atom stereocenters. The lowest BCUT2D eigenvalue weighted by Crippen LogP contribution is -1.88. The molecule has 266 valence electrons. The van der Waals surface area contributed by atoms with E-state index in [9.17, 15) is 0 Å². The maximum Gasteiger partial charge on any atom is 0.0346 e. The second-order valence-electron chi connectivity index (χ2n) is 13.7. The van der Waals surface area contributed by atoms with Crippen molar-refractivity contribution in [2.45, 2.75) is 0 Å². The predicted molar refractivity (Wildman–Crippen MR) is 240 cm³/mol. The number of nitrogens with zero attached hydrogens (tertiary/aromatic N) is 1. The van der Waals surface area contributed by atoms with Crippen LogP contribution in [0.4, 0.5) is 0 Å². The molecule has 7 aromatic carbocycles. The van der Waals surface area contributed by atoms with Crippen molar-refractivity contribution in [2.24, 2.45) is 0 Å². The summed E-state index contributed by atoms with van der Waals surface area (Å²) in [6, 6.07) is 70.6. The van der Waals surface area contributed by atoms with Gasteiger partial charge in [-0.2, -0.15) is 0 Å². The third-order valence-electron chi connectivity index (χ3n) is 9.83. The summed E-state index contributed by atoms with van der Waals surface area (Å²) >= 11 is 0. The van der Waals surface area contributed by atoms with Gasteiger partial charge in [0.15, 0.2) is 0 Å². The number of benzene rings is 7. The van der Waals surface area contributed by atoms with Gasteiger partial charge in [-0.15, -0.1) is 0 Å². The Morgan fingerprint density at radius 1 is 0.321 bits per heavy atom. The molecule has 0 amide bonds. The van der Waals surface area contributed by atoms with Gasteiger partial charge in [0.25, 0.3) is 0 Å². The van der Waals surface area contributed by atoms with Crippen molar-refractivity contribution in [3.63, 3.8) is 0 Å². The highest BCUT2D eigenvalue weighted by Crippen LogP contribution is 2.29. The smallest absolute Gasteiger partial charge is 0.0346 e. The second-order valence-corrected chi connectivity index (χ2v) is 13.7. The van der Waals surface area contributed by atoms with Gasteiger partial charge in [-0.3, -0.25) is 4.98 Å². The molecule has 1 heterocycles. The first kappa shape index (κ1) is 35.7. The minimum Gasteiger partial charge on any atom is -0.264 e. The van der Waals surface area contributed by atoms with Crippen LogP contribution < -0.4 is 0 Å². The zero-order valence-electron chi connectivity index (χ0n) is 31.1. The Bertz CT molecular complexity index is 2520. The Kier molecular flexibility index (Phi) is 11.2. The topological polar surface area (TPSA) is 12.9 Å². The monoisotopic (exact) mass is 715 g/mol. The molecule has 0 bridgehead atoms. The van der Waals surface area contributed by atoms with Crippen LogP contribution in [0.5, 0.6) is 0 Å². The van der Waals surface area contributed by atoms with Gasteiger partial charge in [0.2, 0.25) is 0 Å². The molecule has 0 saturated heterocycles. The largest absolute Gasteiger partial charge is 0.264 e. The van der Waals surface area contributed by atoms with Crippen LogP contribution in [0.2, 0.25) is 0 Å². The van der Waals surface area contributed by atoms with Crippen LogP contribution in [0, 0.1) is 0 Å². The van der Waals surface area contributed by atoms with E-state index in [1.165, 1.54) is 33.4 Å². The van der Waals surface area contributed by atoms with Crippen molar-refractivity contribution in [1.29, 1.82) is 0 Å². The highest BCUT2D eigenvalue weighted by Gasteiger charge is 2.07. The van der Waals surface area contributed by atoms with Crippen LogP contribution in [0.3, 0.4) is 0 Å². The summed E-state index contributed by atoms with van der Waals surface area (Å²) in [7, 11) is 0. The number of rotatable bonds is 11. The Morgan fingerprint density at radius 2 is 0.732 bits per heavy atom. The number of pyridine rings is 1. The maximum atomic E-state index is 4.37. The van der Waals surface area contributed by atoms with Crippen molar-refractivity contribution < 1.29 is 0 Å². The molecule has 0 radical (unpaired) electrons. The molecule has 0 spiro atoms. The van der Waals surface area contributed by atoms with Crippen LogP contribution in [0.15, 0.2) is 213 Å². The van der Waals surface area contributed by atoms with Gasteiger partial charge in [0.1, 0.15) is 0 Å². The third-order valence-corrected chi connectivity index (χ3v) is 9.83. The van der Waals surface area contributed by atoms with Gasteiger partial charge in [-0.1, -0.05) is 212 Å². The van der Waals surface area contributed by atoms with Crippen molar-refractivity contribution in [3.05, 3.63) is 268 Å². The molecule has 0 N–H and O–H groups in total. The molecule has 0 fully saturated rings. The van der Waals surface area contributed by atoms with E-state index in [0.717, 1.165) is 44.5 Å². The number of hydrogen-bond acceptors (Lipinski definition) is 1. The summed E-state index contributed by atoms with van der Waals surface area (Å²) < 4.78 is 0. The third kappa shape index (κ3) is 9.05. The van der Waals surface area contributed by atoms with E-state index in [1.807, 2.05) is 18.5 Å². The number of hydrogen-bond donors (Lipinski definition) is 0. The van der Waals surface area contributed by atoms with E-state index in [2.05, 4.69) is 236 Å². The SMILES string of the molecule is C(=Cc1ccc(-c2cccnc2)cc1C=Cc1ccc(C=C(c2ccccc2)c2ccccc2)cc1)c1ccc(C=C(c2ccccc2)c2ccccc2)cc1. The molecule has 8 aromatic rings. The molecule has 0 saturated carbocycles. The van der Waals surface area contributed by atoms with E-state index in [1.54, 1.807) is 0 Å². The molecule has 0 aliphatic carbocycles. The van der Waals surface area contributed by atoms with Crippen LogP contribution >= 0.6 is 0 Å². The van der Waals surface area contributed by atoms with E-state index < -0.39 is 0 Å². The van der Waals surface area contributed by atoms with E-state index in [-0.39, 0.29) is 0 Å². The molecule has 1 nitrogen and oxygen atoms in total. The Morgan fingerprint density at radius 3 is 1.14 bits per heavy atom. The molecule has 0 aliphatic rings. The zero-order chi connectivity index (χ0) is 37.8. The average molecular weight is 716 g/mol. The van der Waals surface area contributed by atoms with Gasteiger partial charge < -0.3 is 0 Å². The summed E-state index contributed by atoms with van der Waals surface area (Å²) in [5, 5.41) is 0. The van der Waals surface area contributed by atoms with Crippen molar-refractivity contribution in [3.8, 4) is 11.1 Å². The Hall–Kier alpha value is -7.35. The van der Waals surface area contributed by atoms with Crippen LogP contribution in [0.25, 0.3) is 58.7 Å². The van der Waals surface area contributed by atoms with Crippen LogP contribution in [-0.2, 0) is 0 Å². The van der Waals surface area contributed by atoms with Crippen LogP contribution in [-0.4, -0.2) is 4.98 Å². The summed E-state index contributed by atoms with van der Waals surface area (Å²) in [5.41, 5.74) is 16.3. The van der Waals surface area contributed by atoms with E-state index in [4.69, 9.17) is 0 Å². The second kappa shape index (κ2) is 17.6. The lowest BCUT2D eigenvalue weighted by molar-refractivity contribution is 1.33. The lowest BCUT2D eigenvalue weighted by Gasteiger charge is -2.09. The minimum atomic E-state index is 1.09. The molecule has 0 aliphatic heterocycles. The first-order valence-electron chi connectivity index (χ1n) is 19.0. The fourth-order valence-electron chi connectivity index (χ4n) is 6.83. The average Bonchev–Trinajstić information content (AvgIpc) is 3.28. The molecular weight excluding hydrogens is 675 g/mol. The highest BCUT2D eigenvalue weighted by atomic mass is 14.6. The maximum absolute atomic E-state index is 4.37. The van der Waals surface area contributed by atoms with Crippen molar-refractivity contribution >= 4 is 47.6 Å². The molecule has 0 atom stereocenters. The Balaban J connectivity index is 1.06. The first-order valence-corrected chi connectivity index (χ1v) is 19.0. The summed E-state index contributed by atoms with van der Waals surface area (Å²) in [6.07, 6.45) is 17.1. The van der Waals surface area contributed by atoms with Gasteiger partial charge >= 0.3 is 0 Å². The number of aromatic nitrogens is 1. The van der Waals surface area contributed by atoms with Crippen molar-refractivity contribution in [2.75, 3.05) is 0 Å². The molecule has 8 rings (SSSR count). The fraction of sp³-hybridized carbons (Fsp3) is 0. The van der Waals surface area contributed by atoms with Gasteiger partial charge in [-0.25, -0.2) is 0 Å². The highest BCUT2D eigenvalue weighted by molar-refractivity contribution is 5.93. The standard InChI is InChI=1S/C55H41N/c1-5-14-47(15-6-1)54(48-16-7-2-8-17-48)38-44-27-23-42(24-28-44)31-33-46-35-36-52(53-22-13-37-56-41-53)40-51(46)34-32-43-25-29-45(30-26-43)39-55(49-18-9-3-10-19-49)50-20-11-4-12-21-50/h1-41H. The fourth-order valence-corrected chi connectivity index (χ4v) is 6.83. The quantitative estimate of drug-likeness (QED) is 0.122. The minimum absolute atomic E-state index is 1.09. The molecule has 1 aromatic heterocycles. The zero-order valence-corrected chi connectivity index (χ0v) is 31.1. The Labute approximate surface area is 330 Å².